The minimum atomic E-state index is -1.50. The van der Waals surface area contributed by atoms with Crippen molar-refractivity contribution in [3.63, 3.8) is 0 Å². The molecule has 0 spiro atoms. The monoisotopic (exact) mass is 386 g/mol. The van der Waals surface area contributed by atoms with E-state index in [1.54, 1.807) is 32.7 Å². The van der Waals surface area contributed by atoms with Gasteiger partial charge >= 0.3 is 0 Å². The molecule has 0 saturated heterocycles. The number of rotatable bonds is 4. The quantitative estimate of drug-likeness (QED) is 0.562. The standard InChI is InChI=1S/C27H34Si/c1-20-21(2)26(23-14-8-5-9-15-23)27(4,22(20)3)28(24-16-10-6-11-17-24)25-18-12-7-13-19-25/h6-7,10-13,16-19,23,28H,5,8-9,14-15H2,1-4H3. The molecule has 1 heteroatoms. The summed E-state index contributed by atoms with van der Waals surface area (Å²) in [5, 5.41) is 3.34. The highest BCUT2D eigenvalue weighted by atomic mass is 28.3. The zero-order valence-corrected chi connectivity index (χ0v) is 19.1. The highest BCUT2D eigenvalue weighted by molar-refractivity contribution is 6.88. The van der Waals surface area contributed by atoms with Crippen LogP contribution in [0.15, 0.2) is 83.0 Å². The fourth-order valence-corrected chi connectivity index (χ4v) is 10.5. The lowest BCUT2D eigenvalue weighted by atomic mass is 9.77. The van der Waals surface area contributed by atoms with Crippen molar-refractivity contribution < 1.29 is 0 Å². The van der Waals surface area contributed by atoms with Crippen molar-refractivity contribution in [1.82, 2.24) is 0 Å². The molecule has 0 amide bonds. The molecule has 1 unspecified atom stereocenters. The maximum atomic E-state index is 2.60. The maximum absolute atomic E-state index is 2.60. The molecule has 146 valence electrons. The summed E-state index contributed by atoms with van der Waals surface area (Å²) in [6.45, 7) is 9.82. The van der Waals surface area contributed by atoms with Crippen molar-refractivity contribution in [1.29, 1.82) is 0 Å². The summed E-state index contributed by atoms with van der Waals surface area (Å²) in [5.41, 5.74) is 6.60. The van der Waals surface area contributed by atoms with Gasteiger partial charge in [-0.15, -0.1) is 0 Å². The van der Waals surface area contributed by atoms with E-state index in [1.165, 1.54) is 32.1 Å². The molecular weight excluding hydrogens is 352 g/mol. The third-order valence-corrected chi connectivity index (χ3v) is 11.7. The van der Waals surface area contributed by atoms with Crippen LogP contribution in [0.3, 0.4) is 0 Å². The Hall–Kier alpha value is -1.86. The molecule has 28 heavy (non-hydrogen) atoms. The smallest absolute Gasteiger partial charge is 0.0629 e. The van der Waals surface area contributed by atoms with Crippen molar-refractivity contribution in [3.05, 3.63) is 83.0 Å². The van der Waals surface area contributed by atoms with Gasteiger partial charge in [0.15, 0.2) is 0 Å². The Bertz CT molecular complexity index is 845. The summed E-state index contributed by atoms with van der Waals surface area (Å²) in [4.78, 5) is 0. The lowest BCUT2D eigenvalue weighted by molar-refractivity contribution is 0.386. The Kier molecular flexibility index (Phi) is 5.47. The van der Waals surface area contributed by atoms with Crippen LogP contribution >= 0.6 is 0 Å². The molecule has 0 nitrogen and oxygen atoms in total. The van der Waals surface area contributed by atoms with E-state index in [-0.39, 0.29) is 5.04 Å². The molecule has 1 saturated carbocycles. The molecule has 0 N–H and O–H groups in total. The Labute approximate surface area is 173 Å². The first-order valence-corrected chi connectivity index (χ1v) is 12.8. The SMILES string of the molecule is CC1=C(C)C(C)([SiH](c2ccccc2)c2ccccc2)C(C2CCCCC2)=C1C. The van der Waals surface area contributed by atoms with Gasteiger partial charge in [-0.1, -0.05) is 108 Å². The van der Waals surface area contributed by atoms with Crippen molar-refractivity contribution in [2.45, 2.75) is 64.8 Å². The Morgan fingerprint density at radius 1 is 0.714 bits per heavy atom. The van der Waals surface area contributed by atoms with E-state index in [4.69, 9.17) is 0 Å². The molecule has 2 aromatic carbocycles. The maximum Gasteiger partial charge on any atom is 0.116 e. The number of benzene rings is 2. The van der Waals surface area contributed by atoms with E-state index >= 15 is 0 Å². The highest BCUT2D eigenvalue weighted by Crippen LogP contribution is 2.58. The van der Waals surface area contributed by atoms with Gasteiger partial charge in [0.25, 0.3) is 0 Å². The Balaban J connectivity index is 1.92. The second-order valence-electron chi connectivity index (χ2n) is 9.08. The normalized spacial score (nSPS) is 23.8. The molecule has 2 aromatic rings. The predicted octanol–water partition coefficient (Wildman–Crippen LogP) is 6.04. The zero-order valence-electron chi connectivity index (χ0n) is 18.0. The van der Waals surface area contributed by atoms with E-state index in [2.05, 4.69) is 88.4 Å². The van der Waals surface area contributed by atoms with Crippen LogP contribution in [0.2, 0.25) is 5.04 Å². The van der Waals surface area contributed by atoms with Crippen LogP contribution in [-0.4, -0.2) is 8.80 Å². The average Bonchev–Trinajstić information content (AvgIpc) is 2.91. The van der Waals surface area contributed by atoms with Crippen LogP contribution in [0.1, 0.15) is 59.8 Å². The zero-order chi connectivity index (χ0) is 19.7. The van der Waals surface area contributed by atoms with E-state index in [9.17, 15) is 0 Å². The molecular formula is C27H34Si. The van der Waals surface area contributed by atoms with Crippen LogP contribution in [0.5, 0.6) is 0 Å². The molecule has 0 aromatic heterocycles. The van der Waals surface area contributed by atoms with E-state index in [0.717, 1.165) is 5.92 Å². The molecule has 4 rings (SSSR count). The fourth-order valence-electron chi connectivity index (χ4n) is 6.11. The van der Waals surface area contributed by atoms with Crippen molar-refractivity contribution in [2.24, 2.45) is 5.92 Å². The molecule has 1 fully saturated rings. The molecule has 0 heterocycles. The summed E-state index contributed by atoms with van der Waals surface area (Å²) >= 11 is 0. The molecule has 0 radical (unpaired) electrons. The molecule has 0 aliphatic heterocycles. The van der Waals surface area contributed by atoms with E-state index < -0.39 is 8.80 Å². The summed E-state index contributed by atoms with van der Waals surface area (Å²) in [7, 11) is -1.50. The number of hydrogen-bond donors (Lipinski definition) is 0. The van der Waals surface area contributed by atoms with E-state index in [0.29, 0.717) is 0 Å². The minimum absolute atomic E-state index is 0.193. The topological polar surface area (TPSA) is 0 Å². The van der Waals surface area contributed by atoms with Crippen molar-refractivity contribution in [2.75, 3.05) is 0 Å². The summed E-state index contributed by atoms with van der Waals surface area (Å²) < 4.78 is 0. The Morgan fingerprint density at radius 3 is 1.71 bits per heavy atom. The van der Waals surface area contributed by atoms with Gasteiger partial charge in [0, 0.05) is 5.04 Å². The van der Waals surface area contributed by atoms with Crippen LogP contribution in [-0.2, 0) is 0 Å². The molecule has 2 aliphatic rings. The van der Waals surface area contributed by atoms with Gasteiger partial charge in [-0.25, -0.2) is 0 Å². The summed E-state index contributed by atoms with van der Waals surface area (Å²) in [6.07, 6.45) is 6.99. The van der Waals surface area contributed by atoms with Crippen molar-refractivity contribution in [3.8, 4) is 0 Å². The first-order chi connectivity index (χ1) is 13.5. The highest BCUT2D eigenvalue weighted by Gasteiger charge is 2.48. The van der Waals surface area contributed by atoms with Crippen LogP contribution in [0.25, 0.3) is 0 Å². The third-order valence-electron chi connectivity index (χ3n) is 7.72. The number of hydrogen-bond acceptors (Lipinski definition) is 0. The van der Waals surface area contributed by atoms with Crippen molar-refractivity contribution >= 4 is 19.2 Å². The minimum Gasteiger partial charge on any atom is -0.0629 e. The van der Waals surface area contributed by atoms with Gasteiger partial charge in [0.1, 0.15) is 8.80 Å². The molecule has 2 aliphatic carbocycles. The first-order valence-electron chi connectivity index (χ1n) is 11.0. The largest absolute Gasteiger partial charge is 0.116 e. The summed E-state index contributed by atoms with van der Waals surface area (Å²) in [5.74, 6) is 0.772. The van der Waals surface area contributed by atoms with Gasteiger partial charge in [-0.2, -0.15) is 0 Å². The average molecular weight is 387 g/mol. The second kappa shape index (κ2) is 7.87. The summed E-state index contributed by atoms with van der Waals surface area (Å²) in [6, 6.07) is 22.8. The second-order valence-corrected chi connectivity index (χ2v) is 12.4. The first kappa shape index (κ1) is 19.5. The predicted molar refractivity (Wildman–Crippen MR) is 125 cm³/mol. The third kappa shape index (κ3) is 3.14. The lowest BCUT2D eigenvalue weighted by Gasteiger charge is -2.42. The van der Waals surface area contributed by atoms with E-state index in [1.807, 2.05) is 0 Å². The van der Waals surface area contributed by atoms with Crippen LogP contribution in [0.4, 0.5) is 0 Å². The van der Waals surface area contributed by atoms with Crippen LogP contribution in [0, 0.1) is 5.92 Å². The lowest BCUT2D eigenvalue weighted by Crippen LogP contribution is -2.52. The fraction of sp³-hybridized carbons (Fsp3) is 0.407. The number of allylic oxidation sites excluding steroid dienone is 4. The van der Waals surface area contributed by atoms with Gasteiger partial charge in [-0.05, 0) is 50.7 Å². The van der Waals surface area contributed by atoms with Gasteiger partial charge < -0.3 is 0 Å². The van der Waals surface area contributed by atoms with Crippen LogP contribution < -0.4 is 10.4 Å². The van der Waals surface area contributed by atoms with Gasteiger partial charge in [0.05, 0.1) is 0 Å². The van der Waals surface area contributed by atoms with Gasteiger partial charge in [-0.3, -0.25) is 0 Å². The van der Waals surface area contributed by atoms with Gasteiger partial charge in [0.2, 0.25) is 0 Å². The molecule has 1 atom stereocenters. The molecule has 0 bridgehead atoms. The Morgan fingerprint density at radius 2 is 1.21 bits per heavy atom.